The van der Waals surface area contributed by atoms with E-state index in [1.807, 2.05) is 54.9 Å². The van der Waals surface area contributed by atoms with E-state index in [1.165, 1.54) is 11.1 Å². The van der Waals surface area contributed by atoms with E-state index in [-0.39, 0.29) is 17.6 Å². The van der Waals surface area contributed by atoms with Crippen molar-refractivity contribution in [2.45, 2.75) is 18.3 Å². The van der Waals surface area contributed by atoms with Gasteiger partial charge in [-0.2, -0.15) is 0 Å². The van der Waals surface area contributed by atoms with Gasteiger partial charge >= 0.3 is 0 Å². The number of pyridine rings is 1. The Bertz CT molecular complexity index is 885. The fourth-order valence-electron chi connectivity index (χ4n) is 3.76. The normalized spacial score (nSPS) is 20.2. The second-order valence-electron chi connectivity index (χ2n) is 6.41. The number of nitrogens with zero attached hydrogens (tertiary/aromatic N) is 1. The number of ketones is 1. The maximum absolute atomic E-state index is 12.5. The molecular formula is C23H19NO. The maximum Gasteiger partial charge on any atom is 0.156 e. The summed E-state index contributed by atoms with van der Waals surface area (Å²) in [5, 5.41) is 0. The van der Waals surface area contributed by atoms with Crippen LogP contribution >= 0.6 is 0 Å². The number of rotatable bonds is 3. The molecule has 1 heterocycles. The molecule has 122 valence electrons. The Balaban J connectivity index is 1.88. The highest BCUT2D eigenvalue weighted by Crippen LogP contribution is 2.47. The fourth-order valence-corrected chi connectivity index (χ4v) is 3.76. The third kappa shape index (κ3) is 3.16. The molecule has 2 unspecified atom stereocenters. The first-order valence-corrected chi connectivity index (χ1v) is 8.57. The lowest BCUT2D eigenvalue weighted by atomic mass is 9.69. The Morgan fingerprint density at radius 1 is 0.760 bits per heavy atom. The van der Waals surface area contributed by atoms with Gasteiger partial charge in [-0.3, -0.25) is 9.78 Å². The molecule has 0 saturated heterocycles. The number of aromatic nitrogens is 1. The minimum absolute atomic E-state index is 0.123. The van der Waals surface area contributed by atoms with Crippen LogP contribution in [0.1, 0.15) is 34.9 Å². The molecule has 2 aromatic carbocycles. The summed E-state index contributed by atoms with van der Waals surface area (Å²) in [7, 11) is 0. The molecule has 0 aliphatic heterocycles. The summed E-state index contributed by atoms with van der Waals surface area (Å²) in [5.41, 5.74) is 4.62. The third-order valence-electron chi connectivity index (χ3n) is 4.88. The smallest absolute Gasteiger partial charge is 0.156 e. The Morgan fingerprint density at radius 3 is 2.08 bits per heavy atom. The number of hydrogen-bond donors (Lipinski definition) is 0. The Labute approximate surface area is 147 Å². The Morgan fingerprint density at radius 2 is 1.40 bits per heavy atom. The molecule has 2 nitrogen and oxygen atoms in total. The van der Waals surface area contributed by atoms with Crippen LogP contribution in [0.15, 0.2) is 91.3 Å². The van der Waals surface area contributed by atoms with E-state index in [1.54, 1.807) is 0 Å². The summed E-state index contributed by atoms with van der Waals surface area (Å²) in [5.74, 6) is 0.467. The number of benzene rings is 2. The maximum atomic E-state index is 12.5. The van der Waals surface area contributed by atoms with Crippen molar-refractivity contribution >= 4 is 11.4 Å². The molecule has 0 bridgehead atoms. The van der Waals surface area contributed by atoms with Crippen molar-refractivity contribution in [2.24, 2.45) is 0 Å². The first-order chi connectivity index (χ1) is 12.3. The summed E-state index contributed by atoms with van der Waals surface area (Å²) in [6.45, 7) is 0. The van der Waals surface area contributed by atoms with Crippen LogP contribution in [0.5, 0.6) is 0 Å². The lowest BCUT2D eigenvalue weighted by molar-refractivity contribution is -0.115. The average molecular weight is 325 g/mol. The first kappa shape index (κ1) is 15.5. The number of hydrogen-bond acceptors (Lipinski definition) is 2. The lowest BCUT2D eigenvalue weighted by Gasteiger charge is -2.33. The quantitative estimate of drug-likeness (QED) is 0.678. The second kappa shape index (κ2) is 6.86. The van der Waals surface area contributed by atoms with Gasteiger partial charge in [0.05, 0.1) is 0 Å². The first-order valence-electron chi connectivity index (χ1n) is 8.57. The zero-order valence-corrected chi connectivity index (χ0v) is 13.9. The highest BCUT2D eigenvalue weighted by Gasteiger charge is 2.34. The largest absolute Gasteiger partial charge is 0.295 e. The van der Waals surface area contributed by atoms with Crippen LogP contribution in [0.2, 0.25) is 0 Å². The molecule has 3 aromatic rings. The molecule has 2 heteroatoms. The van der Waals surface area contributed by atoms with Crippen LogP contribution in [0.25, 0.3) is 5.57 Å². The summed E-state index contributed by atoms with van der Waals surface area (Å²) in [4.78, 5) is 16.7. The van der Waals surface area contributed by atoms with E-state index >= 15 is 0 Å². The van der Waals surface area contributed by atoms with Crippen molar-refractivity contribution in [3.05, 3.63) is 108 Å². The highest BCUT2D eigenvalue weighted by molar-refractivity contribution is 6.01. The van der Waals surface area contributed by atoms with Crippen molar-refractivity contribution in [1.29, 1.82) is 0 Å². The van der Waals surface area contributed by atoms with Crippen molar-refractivity contribution < 1.29 is 4.79 Å². The summed E-state index contributed by atoms with van der Waals surface area (Å²) < 4.78 is 0. The molecule has 2 atom stereocenters. The van der Waals surface area contributed by atoms with E-state index in [9.17, 15) is 4.79 Å². The number of carbonyl (C=O) groups excluding carboxylic acids is 1. The minimum atomic E-state index is 0.123. The predicted octanol–water partition coefficient (Wildman–Crippen LogP) is 5.01. The summed E-state index contributed by atoms with van der Waals surface area (Å²) >= 11 is 0. The van der Waals surface area contributed by atoms with Crippen molar-refractivity contribution in [1.82, 2.24) is 4.98 Å². The molecule has 4 rings (SSSR count). The van der Waals surface area contributed by atoms with Crippen molar-refractivity contribution in [2.75, 3.05) is 0 Å². The van der Waals surface area contributed by atoms with Gasteiger partial charge in [-0.1, -0.05) is 60.7 Å². The van der Waals surface area contributed by atoms with Crippen molar-refractivity contribution in [3.8, 4) is 0 Å². The van der Waals surface area contributed by atoms with Gasteiger partial charge in [-0.15, -0.1) is 0 Å². The molecule has 1 aliphatic rings. The molecule has 0 saturated carbocycles. The molecule has 25 heavy (non-hydrogen) atoms. The SMILES string of the molecule is O=C1C=C(c2ccccc2)C(c2ccccc2)C(c2ccncc2)C1. The van der Waals surface area contributed by atoms with Gasteiger partial charge in [0.25, 0.3) is 0 Å². The molecule has 0 radical (unpaired) electrons. The van der Waals surface area contributed by atoms with Gasteiger partial charge in [0.15, 0.2) is 5.78 Å². The van der Waals surface area contributed by atoms with Crippen LogP contribution < -0.4 is 0 Å². The topological polar surface area (TPSA) is 30.0 Å². The minimum Gasteiger partial charge on any atom is -0.295 e. The van der Waals surface area contributed by atoms with E-state index in [0.717, 1.165) is 11.1 Å². The zero-order valence-electron chi connectivity index (χ0n) is 13.9. The van der Waals surface area contributed by atoms with Crippen LogP contribution in [-0.4, -0.2) is 10.8 Å². The van der Waals surface area contributed by atoms with E-state index in [2.05, 4.69) is 41.4 Å². The standard InChI is InChI=1S/C23H19NO/c25-20-15-21(17-7-3-1-4-8-17)23(19-9-5-2-6-10-19)22(16-20)18-11-13-24-14-12-18/h1-15,22-23H,16H2. The molecular weight excluding hydrogens is 306 g/mol. The third-order valence-corrected chi connectivity index (χ3v) is 4.88. The van der Waals surface area contributed by atoms with Gasteiger partial charge < -0.3 is 0 Å². The lowest BCUT2D eigenvalue weighted by Crippen LogP contribution is -2.21. The molecule has 0 fully saturated rings. The molecule has 0 amide bonds. The molecule has 1 aliphatic carbocycles. The summed E-state index contributed by atoms with van der Waals surface area (Å²) in [6.07, 6.45) is 5.98. The highest BCUT2D eigenvalue weighted by atomic mass is 16.1. The fraction of sp³-hybridized carbons (Fsp3) is 0.130. The summed E-state index contributed by atoms with van der Waals surface area (Å²) in [6, 6.07) is 24.8. The second-order valence-corrected chi connectivity index (χ2v) is 6.41. The van der Waals surface area contributed by atoms with E-state index in [0.29, 0.717) is 6.42 Å². The van der Waals surface area contributed by atoms with Crippen LogP contribution in [0.3, 0.4) is 0 Å². The van der Waals surface area contributed by atoms with Crippen LogP contribution in [0, 0.1) is 0 Å². The van der Waals surface area contributed by atoms with Crippen molar-refractivity contribution in [3.63, 3.8) is 0 Å². The molecule has 0 spiro atoms. The van der Waals surface area contributed by atoms with E-state index < -0.39 is 0 Å². The number of allylic oxidation sites excluding steroid dienone is 2. The van der Waals surface area contributed by atoms with Gasteiger partial charge in [0.1, 0.15) is 0 Å². The predicted molar refractivity (Wildman–Crippen MR) is 100 cm³/mol. The molecule has 1 aromatic heterocycles. The molecule has 0 N–H and O–H groups in total. The van der Waals surface area contributed by atoms with E-state index in [4.69, 9.17) is 0 Å². The Kier molecular flexibility index (Phi) is 4.26. The van der Waals surface area contributed by atoms with Crippen LogP contribution in [0.4, 0.5) is 0 Å². The monoisotopic (exact) mass is 325 g/mol. The van der Waals surface area contributed by atoms with Crippen LogP contribution in [-0.2, 0) is 4.79 Å². The van der Waals surface area contributed by atoms with Gasteiger partial charge in [0.2, 0.25) is 0 Å². The Hall–Kier alpha value is -3.00. The van der Waals surface area contributed by atoms with Gasteiger partial charge in [-0.25, -0.2) is 0 Å². The van der Waals surface area contributed by atoms with Gasteiger partial charge in [0, 0.05) is 30.7 Å². The zero-order chi connectivity index (χ0) is 17.1. The average Bonchev–Trinajstić information content (AvgIpc) is 2.69. The number of carbonyl (C=O) groups is 1. The van der Waals surface area contributed by atoms with Gasteiger partial charge in [-0.05, 0) is 40.5 Å².